The molecule has 2 N–H and O–H groups in total. The molecule has 0 radical (unpaired) electrons. The van der Waals surface area contributed by atoms with Crippen LogP contribution in [0.1, 0.15) is 48.5 Å². The van der Waals surface area contributed by atoms with Crippen molar-refractivity contribution in [3.8, 4) is 5.75 Å². The van der Waals surface area contributed by atoms with Gasteiger partial charge >= 0.3 is 0 Å². The summed E-state index contributed by atoms with van der Waals surface area (Å²) >= 11 is 0. The van der Waals surface area contributed by atoms with E-state index < -0.39 is 0 Å². The zero-order chi connectivity index (χ0) is 11.7. The van der Waals surface area contributed by atoms with Gasteiger partial charge in [0.1, 0.15) is 5.75 Å². The highest BCUT2D eigenvalue weighted by Gasteiger charge is 2.24. The van der Waals surface area contributed by atoms with Crippen molar-refractivity contribution >= 4 is 5.91 Å². The number of primary amides is 1. The fourth-order valence-corrected chi connectivity index (χ4v) is 1.69. The average molecular weight is 219 g/mol. The molecule has 1 aromatic rings. The summed E-state index contributed by atoms with van der Waals surface area (Å²) in [6, 6.07) is 5.52. The lowest BCUT2D eigenvalue weighted by atomic mass is 9.96. The first-order valence-electron chi connectivity index (χ1n) is 5.68. The summed E-state index contributed by atoms with van der Waals surface area (Å²) < 4.78 is 5.70. The second kappa shape index (κ2) is 4.16. The lowest BCUT2D eigenvalue weighted by Gasteiger charge is -2.13. The summed E-state index contributed by atoms with van der Waals surface area (Å²) in [6.45, 7) is 4.09. The highest BCUT2D eigenvalue weighted by molar-refractivity contribution is 5.94. The van der Waals surface area contributed by atoms with Crippen LogP contribution in [0.3, 0.4) is 0 Å². The van der Waals surface area contributed by atoms with Gasteiger partial charge < -0.3 is 10.5 Å². The molecular formula is C13H17NO2. The first kappa shape index (κ1) is 11.0. The van der Waals surface area contributed by atoms with E-state index in [1.165, 1.54) is 0 Å². The van der Waals surface area contributed by atoms with Gasteiger partial charge in [0.25, 0.3) is 0 Å². The van der Waals surface area contributed by atoms with Crippen LogP contribution in [0.25, 0.3) is 0 Å². The number of carbonyl (C=O) groups excluding carboxylic acids is 1. The van der Waals surface area contributed by atoms with Crippen molar-refractivity contribution in [2.75, 3.05) is 0 Å². The molecular weight excluding hydrogens is 202 g/mol. The molecule has 0 saturated heterocycles. The quantitative estimate of drug-likeness (QED) is 0.845. The van der Waals surface area contributed by atoms with E-state index in [-0.39, 0.29) is 11.8 Å². The van der Waals surface area contributed by atoms with Crippen LogP contribution in [0.4, 0.5) is 0 Å². The second-order valence-corrected chi connectivity index (χ2v) is 4.59. The largest absolute Gasteiger partial charge is 0.490 e. The first-order valence-corrected chi connectivity index (χ1v) is 5.68. The summed E-state index contributed by atoms with van der Waals surface area (Å²) in [5.74, 6) is 0.739. The van der Waals surface area contributed by atoms with E-state index in [0.717, 1.165) is 24.2 Å². The van der Waals surface area contributed by atoms with Crippen molar-refractivity contribution in [1.82, 2.24) is 0 Å². The predicted molar refractivity (Wildman–Crippen MR) is 62.7 cm³/mol. The zero-order valence-electron chi connectivity index (χ0n) is 9.69. The third-order valence-electron chi connectivity index (χ3n) is 2.74. The van der Waals surface area contributed by atoms with E-state index in [0.29, 0.717) is 11.7 Å². The van der Waals surface area contributed by atoms with E-state index in [2.05, 4.69) is 0 Å². The smallest absolute Gasteiger partial charge is 0.248 e. The van der Waals surface area contributed by atoms with E-state index >= 15 is 0 Å². The summed E-state index contributed by atoms with van der Waals surface area (Å²) in [6.07, 6.45) is 2.64. The Labute approximate surface area is 95.6 Å². The summed E-state index contributed by atoms with van der Waals surface area (Å²) in [4.78, 5) is 11.3. The topological polar surface area (TPSA) is 52.3 Å². The van der Waals surface area contributed by atoms with Crippen molar-refractivity contribution in [3.63, 3.8) is 0 Å². The normalized spacial score (nSPS) is 15.2. The van der Waals surface area contributed by atoms with Gasteiger partial charge in [-0.25, -0.2) is 0 Å². The van der Waals surface area contributed by atoms with Crippen LogP contribution in [0.15, 0.2) is 18.2 Å². The standard InChI is InChI=1S/C13H17NO2/c1-8(2)12-7-10(16-9-3-4-9)5-6-11(12)13(14)15/h5-9H,3-4H2,1-2H3,(H2,14,15). The SMILES string of the molecule is CC(C)c1cc(OC2CC2)ccc1C(N)=O. The van der Waals surface area contributed by atoms with Gasteiger partial charge in [0.15, 0.2) is 0 Å². The number of hydrogen-bond donors (Lipinski definition) is 1. The highest BCUT2D eigenvalue weighted by atomic mass is 16.5. The number of nitrogens with two attached hydrogens (primary N) is 1. The Bertz CT molecular complexity index is 408. The third-order valence-corrected chi connectivity index (χ3v) is 2.74. The van der Waals surface area contributed by atoms with Crippen molar-refractivity contribution < 1.29 is 9.53 Å². The molecule has 3 nitrogen and oxygen atoms in total. The molecule has 86 valence electrons. The Morgan fingerprint density at radius 1 is 1.44 bits per heavy atom. The molecule has 0 bridgehead atoms. The van der Waals surface area contributed by atoms with Crippen LogP contribution >= 0.6 is 0 Å². The van der Waals surface area contributed by atoms with Gasteiger partial charge in [0.2, 0.25) is 5.91 Å². The summed E-state index contributed by atoms with van der Waals surface area (Å²) in [5.41, 5.74) is 6.90. The number of amides is 1. The number of rotatable bonds is 4. The monoisotopic (exact) mass is 219 g/mol. The number of benzene rings is 1. The molecule has 1 amide bonds. The third kappa shape index (κ3) is 2.35. The average Bonchev–Trinajstić information content (AvgIpc) is 3.01. The molecule has 1 aliphatic carbocycles. The number of hydrogen-bond acceptors (Lipinski definition) is 2. The molecule has 0 aromatic heterocycles. The molecule has 0 atom stereocenters. The molecule has 0 aliphatic heterocycles. The molecule has 0 heterocycles. The van der Waals surface area contributed by atoms with E-state index in [9.17, 15) is 4.79 Å². The van der Waals surface area contributed by atoms with Crippen molar-refractivity contribution in [2.24, 2.45) is 5.73 Å². The minimum atomic E-state index is -0.373. The van der Waals surface area contributed by atoms with Gasteiger partial charge in [-0.15, -0.1) is 0 Å². The van der Waals surface area contributed by atoms with E-state index in [1.807, 2.05) is 26.0 Å². The zero-order valence-corrected chi connectivity index (χ0v) is 9.69. The molecule has 0 unspecified atom stereocenters. The maximum absolute atomic E-state index is 11.3. The van der Waals surface area contributed by atoms with Crippen LogP contribution in [-0.2, 0) is 0 Å². The molecule has 1 aliphatic rings. The van der Waals surface area contributed by atoms with Crippen LogP contribution in [0, 0.1) is 0 Å². The van der Waals surface area contributed by atoms with Gasteiger partial charge in [0, 0.05) is 5.56 Å². The van der Waals surface area contributed by atoms with Gasteiger partial charge in [-0.3, -0.25) is 4.79 Å². The lowest BCUT2D eigenvalue weighted by molar-refractivity contribution is 0.0999. The maximum atomic E-state index is 11.3. The lowest BCUT2D eigenvalue weighted by Crippen LogP contribution is -2.14. The van der Waals surface area contributed by atoms with Crippen molar-refractivity contribution in [3.05, 3.63) is 29.3 Å². The van der Waals surface area contributed by atoms with Gasteiger partial charge in [0.05, 0.1) is 6.10 Å². The Morgan fingerprint density at radius 2 is 2.12 bits per heavy atom. The Hall–Kier alpha value is -1.51. The van der Waals surface area contributed by atoms with Gasteiger partial charge in [-0.2, -0.15) is 0 Å². The number of ether oxygens (including phenoxy) is 1. The van der Waals surface area contributed by atoms with Crippen molar-refractivity contribution in [1.29, 1.82) is 0 Å². The van der Waals surface area contributed by atoms with Crippen LogP contribution in [0.5, 0.6) is 5.75 Å². The van der Waals surface area contributed by atoms with Gasteiger partial charge in [-0.05, 0) is 42.5 Å². The minimum Gasteiger partial charge on any atom is -0.490 e. The molecule has 1 fully saturated rings. The van der Waals surface area contributed by atoms with E-state index in [4.69, 9.17) is 10.5 Å². The number of carbonyl (C=O) groups is 1. The molecule has 1 aromatic carbocycles. The van der Waals surface area contributed by atoms with Crippen molar-refractivity contribution in [2.45, 2.75) is 38.7 Å². The first-order chi connectivity index (χ1) is 7.58. The Morgan fingerprint density at radius 3 is 2.62 bits per heavy atom. The van der Waals surface area contributed by atoms with Crippen LogP contribution in [0.2, 0.25) is 0 Å². The molecule has 3 heteroatoms. The second-order valence-electron chi connectivity index (χ2n) is 4.59. The summed E-state index contributed by atoms with van der Waals surface area (Å²) in [5, 5.41) is 0. The predicted octanol–water partition coefficient (Wildman–Crippen LogP) is 2.45. The van der Waals surface area contributed by atoms with Crippen LogP contribution < -0.4 is 10.5 Å². The van der Waals surface area contributed by atoms with E-state index in [1.54, 1.807) is 6.07 Å². The molecule has 1 saturated carbocycles. The molecule has 2 rings (SSSR count). The highest BCUT2D eigenvalue weighted by Crippen LogP contribution is 2.30. The minimum absolute atomic E-state index is 0.269. The fraction of sp³-hybridized carbons (Fsp3) is 0.462. The fourth-order valence-electron chi connectivity index (χ4n) is 1.69. The maximum Gasteiger partial charge on any atom is 0.248 e. The molecule has 0 spiro atoms. The van der Waals surface area contributed by atoms with Crippen LogP contribution in [-0.4, -0.2) is 12.0 Å². The molecule has 16 heavy (non-hydrogen) atoms. The summed E-state index contributed by atoms with van der Waals surface area (Å²) in [7, 11) is 0. The Kier molecular flexibility index (Phi) is 2.86. The van der Waals surface area contributed by atoms with Gasteiger partial charge in [-0.1, -0.05) is 13.8 Å². The Balaban J connectivity index is 2.30.